The van der Waals surface area contributed by atoms with Crippen LogP contribution >= 0.6 is 11.3 Å². The molecule has 2 heterocycles. The van der Waals surface area contributed by atoms with Gasteiger partial charge in [-0.1, -0.05) is 17.4 Å². The highest BCUT2D eigenvalue weighted by atomic mass is 32.1. The van der Waals surface area contributed by atoms with Crippen molar-refractivity contribution in [1.29, 1.82) is 0 Å². The van der Waals surface area contributed by atoms with Crippen LogP contribution < -0.4 is 10.6 Å². The standard InChI is InChI=1S/C13H15N3O2S/c1-2-18-12(17)9-4-3-5-10-11(9)19-13(15-10)16-6-8(14)7-16/h3-5,8H,2,6-7,14H2,1H3. The van der Waals surface area contributed by atoms with Crippen LogP contribution in [0.2, 0.25) is 0 Å². The summed E-state index contributed by atoms with van der Waals surface area (Å²) in [6, 6.07) is 5.76. The first-order chi connectivity index (χ1) is 9.19. The van der Waals surface area contributed by atoms with Crippen molar-refractivity contribution in [1.82, 2.24) is 4.98 Å². The number of hydrogen-bond acceptors (Lipinski definition) is 6. The number of esters is 1. The Kier molecular flexibility index (Phi) is 3.12. The molecule has 2 N–H and O–H groups in total. The minimum absolute atomic E-state index is 0.233. The highest BCUT2D eigenvalue weighted by Gasteiger charge is 2.26. The summed E-state index contributed by atoms with van der Waals surface area (Å²) in [4.78, 5) is 18.6. The zero-order chi connectivity index (χ0) is 13.4. The van der Waals surface area contributed by atoms with Crippen molar-refractivity contribution < 1.29 is 9.53 Å². The van der Waals surface area contributed by atoms with E-state index in [2.05, 4.69) is 9.88 Å². The summed E-state index contributed by atoms with van der Waals surface area (Å²) >= 11 is 1.52. The van der Waals surface area contributed by atoms with Crippen molar-refractivity contribution in [3.05, 3.63) is 23.8 Å². The lowest BCUT2D eigenvalue weighted by Crippen LogP contribution is -2.55. The second-order valence-corrected chi connectivity index (χ2v) is 5.51. The third kappa shape index (κ3) is 2.17. The van der Waals surface area contributed by atoms with Crippen LogP contribution in [0.3, 0.4) is 0 Å². The monoisotopic (exact) mass is 277 g/mol. The van der Waals surface area contributed by atoms with Crippen LogP contribution in [0.1, 0.15) is 17.3 Å². The molecule has 0 radical (unpaired) electrons. The number of aromatic nitrogens is 1. The smallest absolute Gasteiger partial charge is 0.339 e. The van der Waals surface area contributed by atoms with Gasteiger partial charge in [-0.15, -0.1) is 0 Å². The first kappa shape index (κ1) is 12.4. The van der Waals surface area contributed by atoms with Gasteiger partial charge in [0, 0.05) is 19.1 Å². The van der Waals surface area contributed by atoms with E-state index in [9.17, 15) is 4.79 Å². The second kappa shape index (κ2) is 4.79. The number of nitrogens with zero attached hydrogens (tertiary/aromatic N) is 2. The van der Waals surface area contributed by atoms with Gasteiger partial charge in [0.2, 0.25) is 0 Å². The van der Waals surface area contributed by atoms with Gasteiger partial charge in [0.15, 0.2) is 5.13 Å². The molecule has 2 aromatic rings. The number of nitrogens with two attached hydrogens (primary N) is 1. The molecule has 100 valence electrons. The first-order valence-corrected chi connectivity index (χ1v) is 7.08. The van der Waals surface area contributed by atoms with Gasteiger partial charge in [-0.3, -0.25) is 0 Å². The van der Waals surface area contributed by atoms with Gasteiger partial charge in [0.05, 0.1) is 22.4 Å². The summed E-state index contributed by atoms with van der Waals surface area (Å²) in [5, 5.41) is 0.924. The normalized spacial score (nSPS) is 15.6. The lowest BCUT2D eigenvalue weighted by atomic mass is 10.1. The Hall–Kier alpha value is -1.66. The lowest BCUT2D eigenvalue weighted by Gasteiger charge is -2.36. The van der Waals surface area contributed by atoms with E-state index in [1.165, 1.54) is 11.3 Å². The maximum Gasteiger partial charge on any atom is 0.339 e. The lowest BCUT2D eigenvalue weighted by molar-refractivity contribution is 0.0529. The third-order valence-electron chi connectivity index (χ3n) is 3.08. The molecule has 1 aliphatic rings. The largest absolute Gasteiger partial charge is 0.462 e. The number of hydrogen-bond donors (Lipinski definition) is 1. The topological polar surface area (TPSA) is 68.5 Å². The predicted octanol–water partition coefficient (Wildman–Crippen LogP) is 1.62. The highest BCUT2D eigenvalue weighted by molar-refractivity contribution is 7.22. The number of rotatable bonds is 3. The van der Waals surface area contributed by atoms with E-state index in [-0.39, 0.29) is 12.0 Å². The third-order valence-corrected chi connectivity index (χ3v) is 4.24. The Morgan fingerprint density at radius 1 is 1.58 bits per heavy atom. The van der Waals surface area contributed by atoms with Crippen molar-refractivity contribution in [2.24, 2.45) is 5.73 Å². The molecule has 1 aliphatic heterocycles. The van der Waals surface area contributed by atoms with E-state index in [0.717, 1.165) is 28.4 Å². The minimum atomic E-state index is -0.288. The number of ether oxygens (including phenoxy) is 1. The van der Waals surface area contributed by atoms with Gasteiger partial charge in [-0.2, -0.15) is 0 Å². The van der Waals surface area contributed by atoms with Crippen molar-refractivity contribution in [3.8, 4) is 0 Å². The fraction of sp³-hybridized carbons (Fsp3) is 0.385. The number of fused-ring (bicyclic) bond motifs is 1. The summed E-state index contributed by atoms with van der Waals surface area (Å²) in [5.41, 5.74) is 7.21. The summed E-state index contributed by atoms with van der Waals surface area (Å²) in [7, 11) is 0. The Labute approximate surface area is 115 Å². The van der Waals surface area contributed by atoms with Crippen molar-refractivity contribution in [2.75, 3.05) is 24.6 Å². The average Bonchev–Trinajstić information content (AvgIpc) is 2.78. The fourth-order valence-electron chi connectivity index (χ4n) is 2.11. The van der Waals surface area contributed by atoms with E-state index >= 15 is 0 Å². The van der Waals surface area contributed by atoms with E-state index in [4.69, 9.17) is 10.5 Å². The molecule has 1 saturated heterocycles. The number of thiazole rings is 1. The van der Waals surface area contributed by atoms with Crippen LogP contribution in [0.4, 0.5) is 5.13 Å². The molecule has 0 aliphatic carbocycles. The number of carbonyl (C=O) groups is 1. The van der Waals surface area contributed by atoms with Gasteiger partial charge < -0.3 is 15.4 Å². The molecule has 5 nitrogen and oxygen atoms in total. The fourth-order valence-corrected chi connectivity index (χ4v) is 3.20. The quantitative estimate of drug-likeness (QED) is 0.863. The second-order valence-electron chi connectivity index (χ2n) is 4.54. The van der Waals surface area contributed by atoms with Gasteiger partial charge in [-0.25, -0.2) is 9.78 Å². The van der Waals surface area contributed by atoms with Crippen LogP contribution in [0.25, 0.3) is 10.2 Å². The Morgan fingerprint density at radius 3 is 3.05 bits per heavy atom. The molecule has 1 aromatic carbocycles. The molecule has 0 bridgehead atoms. The van der Waals surface area contributed by atoms with Crippen molar-refractivity contribution in [2.45, 2.75) is 13.0 Å². The average molecular weight is 277 g/mol. The molecule has 0 saturated carbocycles. The first-order valence-electron chi connectivity index (χ1n) is 6.26. The molecule has 1 fully saturated rings. The van der Waals surface area contributed by atoms with Crippen LogP contribution in [0.5, 0.6) is 0 Å². The van der Waals surface area contributed by atoms with Gasteiger partial charge in [0.1, 0.15) is 0 Å². The molecule has 0 atom stereocenters. The highest BCUT2D eigenvalue weighted by Crippen LogP contribution is 2.33. The number of benzene rings is 1. The van der Waals surface area contributed by atoms with Gasteiger partial charge in [0.25, 0.3) is 0 Å². The SMILES string of the molecule is CCOC(=O)c1cccc2nc(N3CC(N)C3)sc12. The molecule has 6 heteroatoms. The van der Waals surface area contributed by atoms with Crippen LogP contribution in [0.15, 0.2) is 18.2 Å². The molecule has 19 heavy (non-hydrogen) atoms. The zero-order valence-corrected chi connectivity index (χ0v) is 11.4. The van der Waals surface area contributed by atoms with E-state index < -0.39 is 0 Å². The number of carbonyl (C=O) groups excluding carboxylic acids is 1. The molecular formula is C13H15N3O2S. The van der Waals surface area contributed by atoms with Crippen molar-refractivity contribution in [3.63, 3.8) is 0 Å². The zero-order valence-electron chi connectivity index (χ0n) is 10.6. The molecule has 3 rings (SSSR count). The van der Waals surface area contributed by atoms with E-state index in [1.807, 2.05) is 12.1 Å². The molecular weight excluding hydrogens is 262 g/mol. The number of anilines is 1. The van der Waals surface area contributed by atoms with Crippen LogP contribution in [-0.4, -0.2) is 36.7 Å². The molecule has 0 unspecified atom stereocenters. The van der Waals surface area contributed by atoms with Crippen molar-refractivity contribution >= 4 is 32.7 Å². The molecule has 1 aromatic heterocycles. The summed E-state index contributed by atoms with van der Waals surface area (Å²) in [6.07, 6.45) is 0. The Balaban J connectivity index is 1.98. The molecule has 0 spiro atoms. The minimum Gasteiger partial charge on any atom is -0.462 e. The van der Waals surface area contributed by atoms with E-state index in [1.54, 1.807) is 13.0 Å². The van der Waals surface area contributed by atoms with Gasteiger partial charge in [-0.05, 0) is 19.1 Å². The van der Waals surface area contributed by atoms with Crippen LogP contribution in [-0.2, 0) is 4.74 Å². The molecule has 0 amide bonds. The Morgan fingerprint density at radius 2 is 2.37 bits per heavy atom. The summed E-state index contributed by atoms with van der Waals surface area (Å²) < 4.78 is 5.96. The maximum absolute atomic E-state index is 11.9. The Bertz CT molecular complexity index is 619. The van der Waals surface area contributed by atoms with Crippen LogP contribution in [0, 0.1) is 0 Å². The summed E-state index contributed by atoms with van der Waals surface area (Å²) in [6.45, 7) is 3.84. The van der Waals surface area contributed by atoms with E-state index in [0.29, 0.717) is 12.2 Å². The summed E-state index contributed by atoms with van der Waals surface area (Å²) in [5.74, 6) is -0.288. The maximum atomic E-state index is 11.9. The van der Waals surface area contributed by atoms with Gasteiger partial charge >= 0.3 is 5.97 Å². The predicted molar refractivity (Wildman–Crippen MR) is 75.8 cm³/mol.